The molecule has 2 aromatic heterocycles. The van der Waals surface area contributed by atoms with Crippen molar-refractivity contribution >= 4 is 44.6 Å². The van der Waals surface area contributed by atoms with E-state index in [1.807, 2.05) is 73.4 Å². The zero-order valence-electron chi connectivity index (χ0n) is 51.8. The van der Waals surface area contributed by atoms with Crippen molar-refractivity contribution in [1.29, 1.82) is 0 Å². The van der Waals surface area contributed by atoms with Crippen molar-refractivity contribution in [3.8, 4) is 50.7 Å². The van der Waals surface area contributed by atoms with Gasteiger partial charge in [0.1, 0.15) is 5.82 Å². The van der Waals surface area contributed by atoms with E-state index in [2.05, 4.69) is 152 Å². The molecule has 0 saturated carbocycles. The molecule has 0 amide bonds. The minimum Gasteiger partial charge on any atom is -0.509 e. The van der Waals surface area contributed by atoms with E-state index in [0.717, 1.165) is 74.4 Å². The zero-order valence-corrected chi connectivity index (χ0v) is 47.1. The molecule has 76 heavy (non-hydrogen) atoms. The van der Waals surface area contributed by atoms with E-state index in [0.29, 0.717) is 62.0 Å². The molecule has 5 nitrogen and oxygen atoms in total. The van der Waals surface area contributed by atoms with Crippen LogP contribution in [0.4, 0.5) is 22.7 Å². The number of hydrogen-bond donors (Lipinski definition) is 0. The van der Waals surface area contributed by atoms with Gasteiger partial charge in [-0.3, -0.25) is 0 Å². The van der Waals surface area contributed by atoms with Crippen LogP contribution in [0.15, 0.2) is 182 Å². The molecule has 3 heterocycles. The van der Waals surface area contributed by atoms with E-state index in [4.69, 9.17) is 15.2 Å². The Balaban J connectivity index is 0.00000721. The van der Waals surface area contributed by atoms with Gasteiger partial charge in [-0.15, -0.1) is 48.1 Å². The normalized spacial score (nSPS) is 16.2. The molecular weight excluding hydrogens is 1110 g/mol. The van der Waals surface area contributed by atoms with Gasteiger partial charge < -0.3 is 19.1 Å². The fourth-order valence-corrected chi connectivity index (χ4v) is 10.8. The maximum Gasteiger partial charge on any atom is 0.135 e. The van der Waals surface area contributed by atoms with Crippen molar-refractivity contribution in [2.45, 2.75) is 104 Å². The molecule has 1 aliphatic heterocycles. The Morgan fingerprint density at radius 2 is 1.22 bits per heavy atom. The number of hydrogen-bond acceptors (Lipinski definition) is 4. The smallest absolute Gasteiger partial charge is 0.135 e. The fourth-order valence-electron chi connectivity index (χ4n) is 10.8. The van der Waals surface area contributed by atoms with E-state index in [1.165, 1.54) is 0 Å². The van der Waals surface area contributed by atoms with Crippen LogP contribution in [-0.2, 0) is 42.7 Å². The summed E-state index contributed by atoms with van der Waals surface area (Å²) < 4.78 is 74.2. The number of aromatic nitrogens is 2. The molecule has 0 atom stereocenters. The van der Waals surface area contributed by atoms with E-state index in [9.17, 15) is 4.11 Å². The van der Waals surface area contributed by atoms with Gasteiger partial charge in [-0.1, -0.05) is 172 Å². The summed E-state index contributed by atoms with van der Waals surface area (Å²) in [5.74, 6) is 1.23. The number of fused-ring (bicyclic) bond motifs is 5. The molecule has 0 radical (unpaired) electrons. The third-order valence-electron chi connectivity index (χ3n) is 15.3. The summed E-state index contributed by atoms with van der Waals surface area (Å²) in [4.78, 5) is 9.01. The summed E-state index contributed by atoms with van der Waals surface area (Å²) in [6.07, 6.45) is 3.43. The molecule has 2 aliphatic rings. The largest absolute Gasteiger partial charge is 0.509 e. The molecule has 8 aromatic carbocycles. The van der Waals surface area contributed by atoms with Gasteiger partial charge in [0.25, 0.3) is 0 Å². The van der Waals surface area contributed by atoms with Crippen LogP contribution >= 0.6 is 0 Å². The van der Waals surface area contributed by atoms with Crippen molar-refractivity contribution < 1.29 is 35.4 Å². The summed E-state index contributed by atoms with van der Waals surface area (Å²) in [7, 11) is 0. The first-order chi connectivity index (χ1) is 38.8. The second kappa shape index (κ2) is 19.1. The number of rotatable bonds is 8. The Labute approximate surface area is 474 Å². The summed E-state index contributed by atoms with van der Waals surface area (Å²) in [6.45, 7) is 23.6. The van der Waals surface area contributed by atoms with E-state index in [1.54, 1.807) is 16.8 Å². The molecule has 0 unspecified atom stereocenters. The van der Waals surface area contributed by atoms with Gasteiger partial charge in [0, 0.05) is 72.5 Å². The molecule has 0 saturated heterocycles. The summed E-state index contributed by atoms with van der Waals surface area (Å²) >= 11 is 0. The number of para-hydroxylation sites is 3. The minimum absolute atomic E-state index is 0. The predicted octanol–water partition coefficient (Wildman–Crippen LogP) is 18.9. The van der Waals surface area contributed by atoms with Crippen molar-refractivity contribution in [3.05, 3.63) is 223 Å². The van der Waals surface area contributed by atoms with E-state index >= 15 is 0 Å². The Morgan fingerprint density at radius 3 is 1.97 bits per heavy atom. The molecule has 12 rings (SSSR count). The maximum atomic E-state index is 10.4. The average Bonchev–Trinajstić information content (AvgIpc) is 3.11. The second-order valence-corrected chi connectivity index (χ2v) is 23.5. The number of nitrogens with zero attached hydrogens (tertiary/aromatic N) is 4. The Bertz CT molecular complexity index is 4250. The molecule has 0 fully saturated rings. The Morgan fingerprint density at radius 1 is 0.579 bits per heavy atom. The van der Waals surface area contributed by atoms with Gasteiger partial charge in [0.2, 0.25) is 0 Å². The zero-order chi connectivity index (χ0) is 58.1. The van der Waals surface area contributed by atoms with Gasteiger partial charge in [-0.25, -0.2) is 4.98 Å². The first-order valence-electron chi connectivity index (χ1n) is 29.5. The summed E-state index contributed by atoms with van der Waals surface area (Å²) in [5, 5.41) is 0.949. The Kier molecular flexibility index (Phi) is 10.8. The molecule has 10 aromatic rings. The van der Waals surface area contributed by atoms with Crippen LogP contribution in [0.3, 0.4) is 0 Å². The van der Waals surface area contributed by atoms with Crippen molar-refractivity contribution in [3.63, 3.8) is 0 Å². The monoisotopic (exact) mass is 1180 g/mol. The first-order valence-corrected chi connectivity index (χ1v) is 26.0. The van der Waals surface area contributed by atoms with E-state index in [-0.39, 0.29) is 73.6 Å². The van der Waals surface area contributed by atoms with Crippen LogP contribution in [0.25, 0.3) is 61.0 Å². The van der Waals surface area contributed by atoms with Crippen molar-refractivity contribution in [2.24, 2.45) is 0 Å². The van der Waals surface area contributed by atoms with Gasteiger partial charge in [-0.2, -0.15) is 12.1 Å². The summed E-state index contributed by atoms with van der Waals surface area (Å²) in [5.41, 5.74) is 11.4. The number of anilines is 4. The van der Waals surface area contributed by atoms with E-state index < -0.39 is 5.41 Å². The molecule has 0 bridgehead atoms. The number of pyridine rings is 1. The van der Waals surface area contributed by atoms with Gasteiger partial charge >= 0.3 is 0 Å². The molecule has 6 heteroatoms. The quantitative estimate of drug-likeness (QED) is 0.142. The van der Waals surface area contributed by atoms with Gasteiger partial charge in [-0.05, 0) is 133 Å². The molecule has 0 N–H and O–H groups in total. The van der Waals surface area contributed by atoms with Crippen LogP contribution < -0.4 is 14.5 Å². The van der Waals surface area contributed by atoms with Gasteiger partial charge in [0.05, 0.1) is 9.60 Å². The van der Waals surface area contributed by atoms with Crippen LogP contribution in [0.2, 0.25) is 0 Å². The SMILES string of the molecule is [2H]c1c([2H])c2c(c([2H])c1-c1cc(C(C)(C)C)cc(-c3cccc(-c4ccccc4)c3)c1N1[CH-]N(c3[c-]c(Oc4[c-]c5c(cc4)c4c([2H])c([2H])c([2H])c([2H])c4n5-c4cc(C(C)(C)C)ccn4)ccc3)c3ccccc31)C(C)(C)CCC2(C)C.[Pt]. The maximum absolute atomic E-state index is 10.4. The minimum atomic E-state index is -0.409. The average molecular weight is 1180 g/mol. The number of ether oxygens (including phenoxy) is 1. The standard InChI is InChI=1S/C70H65N4O.Pt/c1-67(2,3)50-34-37-71-65(42-50)74-61-27-15-14-26-55(61)56-32-31-54(44-64(56)74)75-53-25-19-24-52(43-53)72-45-73(63-29-17-16-28-62(63)72)66-57(48-23-18-22-47(38-48)46-20-12-11-13-21-46)40-51(68(4,5)6)41-58(66)49-30-33-59-60(39-49)70(9,10)36-35-69(59,7)8;/h11-34,37-42,45H,35-36H2,1-10H3;/q-3;/i14D,15D,26D,27D,30D,33D,39D;. The van der Waals surface area contributed by atoms with Crippen molar-refractivity contribution in [2.75, 3.05) is 9.80 Å². The molecule has 384 valence electrons. The van der Waals surface area contributed by atoms with Crippen LogP contribution in [0.1, 0.15) is 114 Å². The molecular formula is C70H65N4OPt-3. The van der Waals surface area contributed by atoms with Crippen LogP contribution in [0.5, 0.6) is 11.5 Å². The summed E-state index contributed by atoms with van der Waals surface area (Å²) in [6, 6.07) is 51.3. The van der Waals surface area contributed by atoms with Crippen LogP contribution in [0, 0.1) is 18.8 Å². The molecule has 0 spiro atoms. The van der Waals surface area contributed by atoms with Crippen LogP contribution in [-0.4, -0.2) is 9.55 Å². The van der Waals surface area contributed by atoms with Gasteiger partial charge in [0.15, 0.2) is 0 Å². The third-order valence-corrected chi connectivity index (χ3v) is 15.3. The Hall–Kier alpha value is -7.20. The second-order valence-electron chi connectivity index (χ2n) is 23.5. The topological polar surface area (TPSA) is 33.5 Å². The fraction of sp³-hybridized carbons (Fsp3) is 0.229. The molecule has 1 aliphatic carbocycles. The van der Waals surface area contributed by atoms with Crippen molar-refractivity contribution in [1.82, 2.24) is 9.55 Å². The number of benzene rings is 8. The first kappa shape index (κ1) is 43.0. The third kappa shape index (κ3) is 9.15. The predicted molar refractivity (Wildman–Crippen MR) is 313 cm³/mol.